The van der Waals surface area contributed by atoms with Gasteiger partial charge in [-0.15, -0.1) is 0 Å². The van der Waals surface area contributed by atoms with E-state index in [2.05, 4.69) is 31.8 Å². The molecule has 0 saturated carbocycles. The molecule has 0 bridgehead atoms. The molecule has 0 aliphatic carbocycles. The minimum absolute atomic E-state index is 0.0278. The van der Waals surface area contributed by atoms with Gasteiger partial charge in [0.1, 0.15) is 18.6 Å². The quantitative estimate of drug-likeness (QED) is 0.323. The van der Waals surface area contributed by atoms with Crippen LogP contribution in [-0.4, -0.2) is 77.2 Å². The smallest absolute Gasteiger partial charge is 0.246 e. The number of carbonyl (C=O) groups is 1. The Hall–Kier alpha value is -4.03. The largest absolute Gasteiger partial charge is 0.478 e. The molecular weight excluding hydrogens is 447 g/mol. The van der Waals surface area contributed by atoms with Gasteiger partial charge in [-0.3, -0.25) is 4.79 Å². The normalized spacial score (nSPS) is 15.9. The van der Waals surface area contributed by atoms with Gasteiger partial charge in [0, 0.05) is 37.8 Å². The lowest BCUT2D eigenvalue weighted by Gasteiger charge is -2.13. The van der Waals surface area contributed by atoms with Crippen LogP contribution in [0.4, 0.5) is 10.2 Å². The highest BCUT2D eigenvalue weighted by Crippen LogP contribution is 2.23. The number of aromatic amines is 1. The summed E-state index contributed by atoms with van der Waals surface area (Å²) in [5.41, 5.74) is 1.26. The minimum Gasteiger partial charge on any atom is -0.478 e. The second kappa shape index (κ2) is 11.4. The third kappa shape index (κ3) is 6.52. The highest BCUT2D eigenvalue weighted by atomic mass is 19.1. The van der Waals surface area contributed by atoms with Gasteiger partial charge in [-0.1, -0.05) is 24.1 Å². The number of likely N-dealkylation sites (tertiary alicyclic amines) is 1. The molecule has 180 valence electrons. The van der Waals surface area contributed by atoms with E-state index < -0.39 is 5.82 Å². The molecule has 35 heavy (non-hydrogen) atoms. The third-order valence-electron chi connectivity index (χ3n) is 5.44. The Labute approximate surface area is 203 Å². The minimum atomic E-state index is -0.423. The number of nitrogens with one attached hydrogen (secondary N) is 1. The lowest BCUT2D eigenvalue weighted by Crippen LogP contribution is -2.27. The average Bonchev–Trinajstić information content (AvgIpc) is 3.48. The van der Waals surface area contributed by atoms with Crippen molar-refractivity contribution in [3.63, 3.8) is 0 Å². The van der Waals surface area contributed by atoms with Crippen molar-refractivity contribution in [2.75, 3.05) is 40.3 Å². The number of aromatic nitrogens is 3. The third-order valence-corrected chi connectivity index (χ3v) is 5.44. The molecule has 1 fully saturated rings. The number of halogens is 1. The Morgan fingerprint density at radius 3 is 3.06 bits per heavy atom. The number of H-pyrrole nitrogens is 1. The van der Waals surface area contributed by atoms with Crippen LogP contribution in [0.25, 0.3) is 11.0 Å². The number of hydrogen-bond donors (Lipinski definition) is 1. The van der Waals surface area contributed by atoms with Crippen LogP contribution in [0.5, 0.6) is 5.75 Å². The van der Waals surface area contributed by atoms with Crippen molar-refractivity contribution in [2.45, 2.75) is 6.42 Å². The Morgan fingerprint density at radius 1 is 1.37 bits per heavy atom. The zero-order valence-corrected chi connectivity index (χ0v) is 19.7. The zero-order valence-electron chi connectivity index (χ0n) is 19.7. The first-order valence-corrected chi connectivity index (χ1v) is 11.3. The van der Waals surface area contributed by atoms with Gasteiger partial charge in [-0.05, 0) is 44.6 Å². The lowest BCUT2D eigenvalue weighted by atomic mass is 10.1. The Bertz CT molecular complexity index is 1300. The van der Waals surface area contributed by atoms with Crippen molar-refractivity contribution in [3.05, 3.63) is 60.3 Å². The standard InChI is InChI=1S/C26H27FN6O2/c1-32(2)12-5-10-24(34)33-13-11-19(17-33)16-28-25-21-15-20(31-26(21)30-18-29-25)7-6-14-35-23-9-4-3-8-22(23)27/h3-5,8-10,15-16,18-19H,11-14,17H2,1-2H3,(H,29,30,31). The highest BCUT2D eigenvalue weighted by Gasteiger charge is 2.23. The number of benzene rings is 1. The van der Waals surface area contributed by atoms with Crippen molar-refractivity contribution in [3.8, 4) is 17.6 Å². The number of aliphatic imine (C=N–C) groups is 1. The Kier molecular flexibility index (Phi) is 7.85. The number of hydrogen-bond acceptors (Lipinski definition) is 6. The fourth-order valence-corrected chi connectivity index (χ4v) is 3.66. The molecule has 1 saturated heterocycles. The summed E-state index contributed by atoms with van der Waals surface area (Å²) < 4.78 is 19.0. The SMILES string of the molecule is CN(C)CC=CC(=O)N1CCC(C=Nc2ncnc3[nH]c(C#CCOc4ccccc4F)cc23)C1. The number of rotatable bonds is 7. The fourth-order valence-electron chi connectivity index (χ4n) is 3.66. The van der Waals surface area contributed by atoms with Gasteiger partial charge in [0.15, 0.2) is 17.4 Å². The summed E-state index contributed by atoms with van der Waals surface area (Å²) in [5, 5.41) is 0.751. The molecule has 0 radical (unpaired) electrons. The molecule has 1 aromatic carbocycles. The van der Waals surface area contributed by atoms with Crippen LogP contribution in [0, 0.1) is 23.6 Å². The van der Waals surface area contributed by atoms with Gasteiger partial charge in [-0.2, -0.15) is 0 Å². The molecule has 1 amide bonds. The first kappa shape index (κ1) is 24.1. The van der Waals surface area contributed by atoms with E-state index in [0.717, 1.165) is 18.4 Å². The summed E-state index contributed by atoms with van der Waals surface area (Å²) >= 11 is 0. The summed E-state index contributed by atoms with van der Waals surface area (Å²) in [6.07, 6.45) is 7.68. The summed E-state index contributed by atoms with van der Waals surface area (Å²) in [5.74, 6) is 6.31. The van der Waals surface area contributed by atoms with E-state index in [4.69, 9.17) is 4.74 Å². The number of nitrogens with zero attached hydrogens (tertiary/aromatic N) is 5. The molecular formula is C26H27FN6O2. The molecule has 9 heteroatoms. The fraction of sp³-hybridized carbons (Fsp3) is 0.308. The zero-order chi connectivity index (χ0) is 24.6. The van der Waals surface area contributed by atoms with E-state index in [-0.39, 0.29) is 24.2 Å². The molecule has 2 aromatic heterocycles. The van der Waals surface area contributed by atoms with Gasteiger partial charge in [0.2, 0.25) is 5.91 Å². The molecule has 3 heterocycles. The predicted octanol–water partition coefficient (Wildman–Crippen LogP) is 3.20. The molecule has 4 rings (SSSR count). The van der Waals surface area contributed by atoms with Gasteiger partial charge >= 0.3 is 0 Å². The first-order chi connectivity index (χ1) is 17.0. The molecule has 3 aromatic rings. The predicted molar refractivity (Wildman–Crippen MR) is 133 cm³/mol. The van der Waals surface area contributed by atoms with Crippen molar-refractivity contribution in [1.82, 2.24) is 24.8 Å². The molecule has 0 spiro atoms. The number of amides is 1. The number of fused-ring (bicyclic) bond motifs is 1. The summed E-state index contributed by atoms with van der Waals surface area (Å²) in [6.45, 7) is 2.12. The van der Waals surface area contributed by atoms with E-state index in [1.165, 1.54) is 12.4 Å². The topological polar surface area (TPSA) is 86.7 Å². The van der Waals surface area contributed by atoms with Crippen LogP contribution in [0.1, 0.15) is 12.1 Å². The van der Waals surface area contributed by atoms with Crippen LogP contribution in [-0.2, 0) is 4.79 Å². The number of para-hydroxylation sites is 1. The van der Waals surface area contributed by atoms with E-state index in [1.807, 2.05) is 42.3 Å². The molecule has 8 nitrogen and oxygen atoms in total. The molecule has 1 unspecified atom stereocenters. The molecule has 1 aliphatic heterocycles. The monoisotopic (exact) mass is 474 g/mol. The lowest BCUT2D eigenvalue weighted by molar-refractivity contribution is -0.125. The van der Waals surface area contributed by atoms with E-state index in [9.17, 15) is 9.18 Å². The van der Waals surface area contributed by atoms with Crippen molar-refractivity contribution in [2.24, 2.45) is 10.9 Å². The van der Waals surface area contributed by atoms with Gasteiger partial charge in [0.05, 0.1) is 11.1 Å². The van der Waals surface area contributed by atoms with Crippen LogP contribution >= 0.6 is 0 Å². The Morgan fingerprint density at radius 2 is 2.23 bits per heavy atom. The van der Waals surface area contributed by atoms with Crippen LogP contribution in [0.2, 0.25) is 0 Å². The maximum atomic E-state index is 13.6. The Balaban J connectivity index is 1.37. The van der Waals surface area contributed by atoms with Crippen molar-refractivity contribution in [1.29, 1.82) is 0 Å². The number of likely N-dealkylation sites (N-methyl/N-ethyl adjacent to an activating group) is 1. The summed E-state index contributed by atoms with van der Waals surface area (Å²) in [6, 6.07) is 8.03. The highest BCUT2D eigenvalue weighted by molar-refractivity contribution is 5.89. The van der Waals surface area contributed by atoms with Crippen LogP contribution in [0.3, 0.4) is 0 Å². The van der Waals surface area contributed by atoms with Gasteiger partial charge in [-0.25, -0.2) is 19.4 Å². The summed E-state index contributed by atoms with van der Waals surface area (Å²) in [7, 11) is 3.92. The van der Waals surface area contributed by atoms with Crippen molar-refractivity contribution < 1.29 is 13.9 Å². The van der Waals surface area contributed by atoms with Crippen LogP contribution in [0.15, 0.2) is 53.8 Å². The van der Waals surface area contributed by atoms with Crippen LogP contribution < -0.4 is 4.74 Å². The first-order valence-electron chi connectivity index (χ1n) is 11.3. The second-order valence-electron chi connectivity index (χ2n) is 8.44. The average molecular weight is 475 g/mol. The number of carbonyl (C=O) groups excluding carboxylic acids is 1. The molecule has 1 atom stereocenters. The van der Waals surface area contributed by atoms with Crippen molar-refractivity contribution >= 4 is 29.0 Å². The van der Waals surface area contributed by atoms with E-state index >= 15 is 0 Å². The maximum Gasteiger partial charge on any atom is 0.246 e. The number of ether oxygens (including phenoxy) is 1. The van der Waals surface area contributed by atoms with Gasteiger partial charge in [0.25, 0.3) is 0 Å². The van der Waals surface area contributed by atoms with Gasteiger partial charge < -0.3 is 19.5 Å². The maximum absolute atomic E-state index is 13.6. The second-order valence-corrected chi connectivity index (χ2v) is 8.44. The van der Waals surface area contributed by atoms with E-state index in [1.54, 1.807) is 24.3 Å². The van der Waals surface area contributed by atoms with E-state index in [0.29, 0.717) is 30.2 Å². The summed E-state index contributed by atoms with van der Waals surface area (Å²) in [4.78, 5) is 32.4. The molecule has 1 aliphatic rings. The molecule has 1 N–H and O–H groups in total.